The number of nitrogens with one attached hydrogen (secondary N) is 1. The van der Waals surface area contributed by atoms with Crippen LogP contribution in [0, 0.1) is 5.92 Å². The lowest BCUT2D eigenvalue weighted by molar-refractivity contribution is -0.128. The molecule has 0 saturated heterocycles. The van der Waals surface area contributed by atoms with Crippen LogP contribution in [-0.4, -0.2) is 37.0 Å². The third-order valence-electron chi connectivity index (χ3n) is 4.93. The summed E-state index contributed by atoms with van der Waals surface area (Å²) in [6.45, 7) is 2.52. The largest absolute Gasteiger partial charge is 0.354 e. The lowest BCUT2D eigenvalue weighted by Crippen LogP contribution is -2.53. The molecule has 144 valence electrons. The van der Waals surface area contributed by atoms with Gasteiger partial charge in [0.25, 0.3) is 0 Å². The molecule has 1 fully saturated rings. The average molecular weight is 411 g/mol. The Morgan fingerprint density at radius 1 is 1.36 bits per heavy atom. The van der Waals surface area contributed by atoms with E-state index in [1.54, 1.807) is 0 Å². The van der Waals surface area contributed by atoms with E-state index in [9.17, 15) is 4.79 Å². The summed E-state index contributed by atoms with van der Waals surface area (Å²) in [6, 6.07) is 7.82. The summed E-state index contributed by atoms with van der Waals surface area (Å²) in [5.74, 6) is -0.0427. The molecule has 2 rings (SSSR count). The Morgan fingerprint density at radius 2 is 2.00 bits per heavy atom. The smallest absolute Gasteiger partial charge is 0.225 e. The van der Waals surface area contributed by atoms with Gasteiger partial charge < -0.3 is 16.0 Å². The second-order valence-corrected chi connectivity index (χ2v) is 7.46. The maximum absolute atomic E-state index is 12.6. The minimum absolute atomic E-state index is 0. The molecule has 0 bridgehead atoms. The maximum atomic E-state index is 12.6. The third kappa shape index (κ3) is 6.30. The molecule has 0 aliphatic heterocycles. The summed E-state index contributed by atoms with van der Waals surface area (Å²) >= 11 is 6.31. The Hall–Kier alpha value is -0.520. The van der Waals surface area contributed by atoms with Gasteiger partial charge in [-0.15, -0.1) is 24.8 Å². The number of carbonyl (C=O) groups is 1. The number of likely N-dealkylation sites (N-methyl/N-ethyl adjacent to an activating group) is 1. The Labute approximate surface area is 168 Å². The average Bonchev–Trinajstić information content (AvgIpc) is 2.48. The van der Waals surface area contributed by atoms with Crippen LogP contribution < -0.4 is 11.1 Å². The van der Waals surface area contributed by atoms with E-state index in [1.165, 1.54) is 0 Å². The standard InChI is InChI=1S/C18H28ClN3O.2ClH/c1-18(20)11-7-6-9-14(18)17(23)21-12-16(22(2)3)13-8-4-5-10-15(13)19;;/h4-5,8,10,14,16H,6-7,9,11-12,20H2,1-3H3,(H,21,23);2*1H. The fourth-order valence-electron chi connectivity index (χ4n) is 3.43. The molecule has 1 amide bonds. The summed E-state index contributed by atoms with van der Waals surface area (Å²) < 4.78 is 0. The van der Waals surface area contributed by atoms with Gasteiger partial charge in [-0.1, -0.05) is 42.6 Å². The van der Waals surface area contributed by atoms with Crippen LogP contribution in [0.25, 0.3) is 0 Å². The van der Waals surface area contributed by atoms with Crippen molar-refractivity contribution in [3.8, 4) is 0 Å². The van der Waals surface area contributed by atoms with Crippen molar-refractivity contribution in [2.24, 2.45) is 11.7 Å². The van der Waals surface area contributed by atoms with Crippen molar-refractivity contribution in [3.05, 3.63) is 34.9 Å². The molecule has 1 saturated carbocycles. The number of hydrogen-bond donors (Lipinski definition) is 2. The van der Waals surface area contributed by atoms with Crippen molar-refractivity contribution in [2.45, 2.75) is 44.2 Å². The van der Waals surface area contributed by atoms with E-state index in [0.29, 0.717) is 6.54 Å². The molecular formula is C18H30Cl3N3O. The van der Waals surface area contributed by atoms with E-state index < -0.39 is 5.54 Å². The zero-order valence-corrected chi connectivity index (χ0v) is 17.5. The second kappa shape index (κ2) is 10.6. The summed E-state index contributed by atoms with van der Waals surface area (Å²) in [5.41, 5.74) is 6.96. The highest BCUT2D eigenvalue weighted by Gasteiger charge is 2.37. The van der Waals surface area contributed by atoms with Gasteiger partial charge in [0.15, 0.2) is 0 Å². The first kappa shape index (κ1) is 24.5. The first-order valence-corrected chi connectivity index (χ1v) is 8.68. The predicted molar refractivity (Wildman–Crippen MR) is 110 cm³/mol. The molecule has 0 aromatic heterocycles. The van der Waals surface area contributed by atoms with E-state index in [4.69, 9.17) is 17.3 Å². The summed E-state index contributed by atoms with van der Waals surface area (Å²) in [6.07, 6.45) is 3.97. The number of amides is 1. The molecular weight excluding hydrogens is 381 g/mol. The lowest BCUT2D eigenvalue weighted by Gasteiger charge is -2.37. The Balaban J connectivity index is 0.00000288. The molecule has 3 atom stereocenters. The lowest BCUT2D eigenvalue weighted by atomic mass is 9.74. The zero-order valence-electron chi connectivity index (χ0n) is 15.1. The Kier molecular flexibility index (Phi) is 10.4. The fourth-order valence-corrected chi connectivity index (χ4v) is 3.69. The normalized spacial score (nSPS) is 24.0. The van der Waals surface area contributed by atoms with Gasteiger partial charge in [-0.05, 0) is 45.5 Å². The van der Waals surface area contributed by atoms with E-state index in [-0.39, 0.29) is 42.7 Å². The number of rotatable bonds is 5. The van der Waals surface area contributed by atoms with E-state index in [2.05, 4.69) is 10.2 Å². The maximum Gasteiger partial charge on any atom is 0.225 e. The van der Waals surface area contributed by atoms with E-state index in [0.717, 1.165) is 36.3 Å². The number of nitrogens with two attached hydrogens (primary N) is 1. The van der Waals surface area contributed by atoms with E-state index >= 15 is 0 Å². The molecule has 3 N–H and O–H groups in total. The van der Waals surface area contributed by atoms with Crippen molar-refractivity contribution < 1.29 is 4.79 Å². The third-order valence-corrected chi connectivity index (χ3v) is 5.27. The molecule has 0 spiro atoms. The molecule has 3 unspecified atom stereocenters. The van der Waals surface area contributed by atoms with Crippen molar-refractivity contribution in [1.29, 1.82) is 0 Å². The highest BCUT2D eigenvalue weighted by atomic mass is 35.5. The van der Waals surface area contributed by atoms with Gasteiger partial charge in [0.1, 0.15) is 0 Å². The molecule has 0 radical (unpaired) electrons. The molecule has 25 heavy (non-hydrogen) atoms. The number of halogens is 3. The topological polar surface area (TPSA) is 58.4 Å². The van der Waals surface area contributed by atoms with Gasteiger partial charge in [0.05, 0.1) is 12.0 Å². The highest BCUT2D eigenvalue weighted by Crippen LogP contribution is 2.32. The minimum atomic E-state index is -0.402. The number of nitrogens with zero attached hydrogens (tertiary/aromatic N) is 1. The van der Waals surface area contributed by atoms with Gasteiger partial charge in [-0.2, -0.15) is 0 Å². The number of benzene rings is 1. The minimum Gasteiger partial charge on any atom is -0.354 e. The van der Waals surface area contributed by atoms with Gasteiger partial charge in [-0.25, -0.2) is 0 Å². The van der Waals surface area contributed by atoms with Gasteiger partial charge in [-0.3, -0.25) is 4.79 Å². The van der Waals surface area contributed by atoms with Crippen LogP contribution >= 0.6 is 36.4 Å². The predicted octanol–water partition coefficient (Wildman–Crippen LogP) is 3.81. The van der Waals surface area contributed by atoms with Crippen LogP contribution in [0.15, 0.2) is 24.3 Å². The molecule has 1 aromatic carbocycles. The summed E-state index contributed by atoms with van der Waals surface area (Å²) in [5, 5.41) is 3.82. The number of hydrogen-bond acceptors (Lipinski definition) is 3. The fraction of sp³-hybridized carbons (Fsp3) is 0.611. The highest BCUT2D eigenvalue weighted by molar-refractivity contribution is 6.31. The van der Waals surface area contributed by atoms with Gasteiger partial charge in [0.2, 0.25) is 5.91 Å². The molecule has 1 aliphatic rings. The van der Waals surface area contributed by atoms with Crippen LogP contribution in [-0.2, 0) is 4.79 Å². The van der Waals surface area contributed by atoms with Crippen LogP contribution in [0.1, 0.15) is 44.2 Å². The van der Waals surface area contributed by atoms with Crippen molar-refractivity contribution >= 4 is 42.3 Å². The molecule has 0 heterocycles. The summed E-state index contributed by atoms with van der Waals surface area (Å²) in [7, 11) is 3.99. The first-order chi connectivity index (χ1) is 10.8. The van der Waals surface area contributed by atoms with Gasteiger partial charge >= 0.3 is 0 Å². The van der Waals surface area contributed by atoms with Gasteiger partial charge in [0, 0.05) is 17.1 Å². The number of carbonyl (C=O) groups excluding carboxylic acids is 1. The van der Waals surface area contributed by atoms with Crippen LogP contribution in [0.5, 0.6) is 0 Å². The molecule has 4 nitrogen and oxygen atoms in total. The second-order valence-electron chi connectivity index (χ2n) is 7.05. The van der Waals surface area contributed by atoms with E-state index in [1.807, 2.05) is 45.3 Å². The Morgan fingerprint density at radius 3 is 2.56 bits per heavy atom. The SMILES string of the molecule is CN(C)C(CNC(=O)C1CCCCC1(C)N)c1ccccc1Cl.Cl.Cl. The molecule has 7 heteroatoms. The van der Waals surface area contributed by atoms with Crippen LogP contribution in [0.4, 0.5) is 0 Å². The molecule has 1 aliphatic carbocycles. The van der Waals surface area contributed by atoms with Crippen molar-refractivity contribution in [2.75, 3.05) is 20.6 Å². The molecule has 1 aromatic rings. The van der Waals surface area contributed by atoms with Crippen molar-refractivity contribution in [1.82, 2.24) is 10.2 Å². The van der Waals surface area contributed by atoms with Crippen molar-refractivity contribution in [3.63, 3.8) is 0 Å². The monoisotopic (exact) mass is 409 g/mol. The zero-order chi connectivity index (χ0) is 17.0. The summed E-state index contributed by atoms with van der Waals surface area (Å²) in [4.78, 5) is 14.7. The van der Waals surface area contributed by atoms with Crippen LogP contribution in [0.3, 0.4) is 0 Å². The van der Waals surface area contributed by atoms with Crippen LogP contribution in [0.2, 0.25) is 5.02 Å². The first-order valence-electron chi connectivity index (χ1n) is 8.30. The quantitative estimate of drug-likeness (QED) is 0.776. The Bertz CT molecular complexity index is 552.